The second kappa shape index (κ2) is 8.31. The number of carbonyl (C=O) groups excluding carboxylic acids is 1. The van der Waals surface area contributed by atoms with E-state index in [1.165, 1.54) is 0 Å². The van der Waals surface area contributed by atoms with Crippen LogP contribution < -0.4 is 14.8 Å². The van der Waals surface area contributed by atoms with Gasteiger partial charge in [-0.3, -0.25) is 4.79 Å². The van der Waals surface area contributed by atoms with Gasteiger partial charge in [-0.1, -0.05) is 35.9 Å². The highest BCUT2D eigenvalue weighted by molar-refractivity contribution is 7.99. The molecule has 1 N–H and O–H groups in total. The van der Waals surface area contributed by atoms with E-state index in [2.05, 4.69) is 5.32 Å². The first-order valence-corrected chi connectivity index (χ1v) is 9.21. The highest BCUT2D eigenvalue weighted by Crippen LogP contribution is 2.30. The number of fused-ring (bicyclic) bond motifs is 1. The van der Waals surface area contributed by atoms with Gasteiger partial charge in [0, 0.05) is 10.8 Å². The lowest BCUT2D eigenvalue weighted by Gasteiger charge is -2.26. The predicted octanol–water partition coefficient (Wildman–Crippen LogP) is 3.53. The van der Waals surface area contributed by atoms with Crippen molar-refractivity contribution in [1.29, 1.82) is 0 Å². The Morgan fingerprint density at radius 1 is 1.21 bits per heavy atom. The number of nitrogens with one attached hydrogen (secondary N) is 1. The molecule has 1 unspecified atom stereocenters. The number of thioether (sulfide) groups is 1. The van der Waals surface area contributed by atoms with Gasteiger partial charge >= 0.3 is 0 Å². The summed E-state index contributed by atoms with van der Waals surface area (Å²) in [4.78, 5) is 11.9. The molecule has 4 nitrogen and oxygen atoms in total. The SMILES string of the molecule is O=C(CSCc1cccc(Cl)c1)NCC1COc2ccccc2O1. The summed E-state index contributed by atoms with van der Waals surface area (Å²) in [6.07, 6.45) is -0.165. The Balaban J connectivity index is 1.37. The van der Waals surface area contributed by atoms with Crippen LogP contribution in [-0.4, -0.2) is 30.9 Å². The lowest BCUT2D eigenvalue weighted by Crippen LogP contribution is -2.41. The lowest BCUT2D eigenvalue weighted by atomic mass is 10.2. The highest BCUT2D eigenvalue weighted by Gasteiger charge is 2.20. The van der Waals surface area contributed by atoms with Gasteiger partial charge < -0.3 is 14.8 Å². The van der Waals surface area contributed by atoms with Gasteiger partial charge in [-0.2, -0.15) is 0 Å². The molecular formula is C18H18ClNO3S. The van der Waals surface area contributed by atoms with Crippen molar-refractivity contribution in [2.75, 3.05) is 18.9 Å². The first-order valence-electron chi connectivity index (χ1n) is 7.68. The van der Waals surface area contributed by atoms with E-state index < -0.39 is 0 Å². The number of benzene rings is 2. The number of halogens is 1. The van der Waals surface area contributed by atoms with E-state index >= 15 is 0 Å². The third kappa shape index (κ3) is 4.82. The minimum Gasteiger partial charge on any atom is -0.486 e. The number of rotatable bonds is 6. The molecule has 126 valence electrons. The van der Waals surface area contributed by atoms with Crippen LogP contribution in [0.1, 0.15) is 5.56 Å². The van der Waals surface area contributed by atoms with E-state index in [9.17, 15) is 4.79 Å². The monoisotopic (exact) mass is 363 g/mol. The lowest BCUT2D eigenvalue weighted by molar-refractivity contribution is -0.119. The fourth-order valence-corrected chi connectivity index (χ4v) is 3.35. The predicted molar refractivity (Wildman–Crippen MR) is 97.0 cm³/mol. The van der Waals surface area contributed by atoms with Crippen LogP contribution in [0.15, 0.2) is 48.5 Å². The van der Waals surface area contributed by atoms with Crippen molar-refractivity contribution < 1.29 is 14.3 Å². The summed E-state index contributed by atoms with van der Waals surface area (Å²) in [6, 6.07) is 15.2. The summed E-state index contributed by atoms with van der Waals surface area (Å²) >= 11 is 7.50. The number of hydrogen-bond donors (Lipinski definition) is 1. The molecule has 3 rings (SSSR count). The van der Waals surface area contributed by atoms with Gasteiger partial charge in [0.25, 0.3) is 0 Å². The minimum absolute atomic E-state index is 0.00973. The minimum atomic E-state index is -0.165. The number of carbonyl (C=O) groups is 1. The number of amides is 1. The molecule has 0 fully saturated rings. The maximum absolute atomic E-state index is 11.9. The zero-order chi connectivity index (χ0) is 16.8. The molecule has 6 heteroatoms. The van der Waals surface area contributed by atoms with Crippen LogP contribution in [0.2, 0.25) is 5.02 Å². The number of ether oxygens (including phenoxy) is 2. The third-order valence-electron chi connectivity index (χ3n) is 3.49. The van der Waals surface area contributed by atoms with Crippen LogP contribution in [-0.2, 0) is 10.5 Å². The molecular weight excluding hydrogens is 346 g/mol. The Morgan fingerprint density at radius 2 is 2.04 bits per heavy atom. The Bertz CT molecular complexity index is 710. The molecule has 2 aromatic carbocycles. The van der Waals surface area contributed by atoms with E-state index in [0.717, 1.165) is 22.8 Å². The highest BCUT2D eigenvalue weighted by atomic mass is 35.5. The normalized spacial score (nSPS) is 15.8. The topological polar surface area (TPSA) is 47.6 Å². The van der Waals surface area contributed by atoms with Gasteiger partial charge in [-0.15, -0.1) is 11.8 Å². The second-order valence-corrected chi connectivity index (χ2v) is 6.85. The van der Waals surface area contributed by atoms with Gasteiger partial charge in [-0.25, -0.2) is 0 Å². The summed E-state index contributed by atoms with van der Waals surface area (Å²) in [5, 5.41) is 3.61. The molecule has 1 heterocycles. The molecule has 0 radical (unpaired) electrons. The van der Waals surface area contributed by atoms with Crippen molar-refractivity contribution in [3.63, 3.8) is 0 Å². The third-order valence-corrected chi connectivity index (χ3v) is 4.72. The first-order chi connectivity index (χ1) is 11.7. The van der Waals surface area contributed by atoms with Crippen molar-refractivity contribution in [3.05, 3.63) is 59.1 Å². The summed E-state index contributed by atoms with van der Waals surface area (Å²) < 4.78 is 11.4. The summed E-state index contributed by atoms with van der Waals surface area (Å²) in [7, 11) is 0. The van der Waals surface area contributed by atoms with Crippen LogP contribution in [0.4, 0.5) is 0 Å². The van der Waals surface area contributed by atoms with Gasteiger partial charge in [-0.05, 0) is 29.8 Å². The second-order valence-electron chi connectivity index (χ2n) is 5.42. The van der Waals surface area contributed by atoms with Crippen LogP contribution in [0.3, 0.4) is 0 Å². The zero-order valence-corrected chi connectivity index (χ0v) is 14.6. The quantitative estimate of drug-likeness (QED) is 0.853. The molecule has 0 spiro atoms. The summed E-state index contributed by atoms with van der Waals surface area (Å²) in [5.41, 5.74) is 1.11. The number of para-hydroxylation sites is 2. The van der Waals surface area contributed by atoms with E-state index in [0.29, 0.717) is 23.9 Å². The van der Waals surface area contributed by atoms with Crippen LogP contribution in [0.25, 0.3) is 0 Å². The van der Waals surface area contributed by atoms with Gasteiger partial charge in [0.1, 0.15) is 12.7 Å². The fourth-order valence-electron chi connectivity index (χ4n) is 2.33. The first kappa shape index (κ1) is 17.0. The molecule has 2 aromatic rings. The molecule has 0 bridgehead atoms. The number of hydrogen-bond acceptors (Lipinski definition) is 4. The van der Waals surface area contributed by atoms with Crippen LogP contribution in [0, 0.1) is 0 Å². The molecule has 1 amide bonds. The summed E-state index contributed by atoms with van der Waals surface area (Å²) in [6.45, 7) is 0.873. The maximum atomic E-state index is 11.9. The average Bonchev–Trinajstić information content (AvgIpc) is 2.60. The fraction of sp³-hybridized carbons (Fsp3) is 0.278. The molecule has 1 atom stereocenters. The smallest absolute Gasteiger partial charge is 0.230 e. The zero-order valence-electron chi connectivity index (χ0n) is 13.0. The molecule has 24 heavy (non-hydrogen) atoms. The van der Waals surface area contributed by atoms with E-state index in [-0.39, 0.29) is 12.0 Å². The molecule has 1 aliphatic heterocycles. The Kier molecular flexibility index (Phi) is 5.88. The van der Waals surface area contributed by atoms with E-state index in [1.54, 1.807) is 11.8 Å². The van der Waals surface area contributed by atoms with E-state index in [4.69, 9.17) is 21.1 Å². The largest absolute Gasteiger partial charge is 0.486 e. The Labute approximate surface area is 150 Å². The van der Waals surface area contributed by atoms with E-state index in [1.807, 2.05) is 48.5 Å². The van der Waals surface area contributed by atoms with Crippen LogP contribution in [0.5, 0.6) is 11.5 Å². The van der Waals surface area contributed by atoms with Crippen molar-refractivity contribution in [3.8, 4) is 11.5 Å². The van der Waals surface area contributed by atoms with Crippen LogP contribution >= 0.6 is 23.4 Å². The van der Waals surface area contributed by atoms with Gasteiger partial charge in [0.05, 0.1) is 12.3 Å². The molecule has 0 aromatic heterocycles. The van der Waals surface area contributed by atoms with Crippen molar-refractivity contribution in [2.45, 2.75) is 11.9 Å². The Hall–Kier alpha value is -1.85. The molecule has 1 aliphatic rings. The standard InChI is InChI=1S/C18H18ClNO3S/c19-14-5-3-4-13(8-14)11-24-12-18(21)20-9-15-10-22-16-6-1-2-7-17(16)23-15/h1-8,15H,9-12H2,(H,20,21). The molecule has 0 aliphatic carbocycles. The summed E-state index contributed by atoms with van der Waals surface area (Å²) in [5.74, 6) is 2.61. The van der Waals surface area contributed by atoms with Gasteiger partial charge in [0.15, 0.2) is 11.5 Å². The van der Waals surface area contributed by atoms with Crippen molar-refractivity contribution >= 4 is 29.3 Å². The Morgan fingerprint density at radius 3 is 2.88 bits per heavy atom. The van der Waals surface area contributed by atoms with Crippen molar-refractivity contribution in [1.82, 2.24) is 5.32 Å². The maximum Gasteiger partial charge on any atom is 0.230 e. The van der Waals surface area contributed by atoms with Gasteiger partial charge in [0.2, 0.25) is 5.91 Å². The molecule has 0 saturated carbocycles. The molecule has 0 saturated heterocycles. The average molecular weight is 364 g/mol. The van der Waals surface area contributed by atoms with Crippen molar-refractivity contribution in [2.24, 2.45) is 0 Å².